The van der Waals surface area contributed by atoms with E-state index in [2.05, 4.69) is 53.8 Å². The minimum atomic E-state index is 0.977. The van der Waals surface area contributed by atoms with Gasteiger partial charge in [-0.1, -0.05) is 48.5 Å². The van der Waals surface area contributed by atoms with E-state index < -0.39 is 0 Å². The molecule has 0 spiro atoms. The van der Waals surface area contributed by atoms with E-state index in [1.54, 1.807) is 0 Å². The number of rotatable bonds is 0. The van der Waals surface area contributed by atoms with Crippen LogP contribution in [0.25, 0.3) is 11.1 Å². The summed E-state index contributed by atoms with van der Waals surface area (Å²) in [5, 5.41) is 3.48. The lowest BCUT2D eigenvalue weighted by atomic mass is 9.92. The first kappa shape index (κ1) is 9.61. The first-order chi connectivity index (χ1) is 7.95. The Hall–Kier alpha value is -1.60. The Kier molecular flexibility index (Phi) is 2.47. The number of benzene rings is 2. The molecule has 1 heteroatoms. The molecule has 0 fully saturated rings. The van der Waals surface area contributed by atoms with Crippen LogP contribution in [-0.2, 0) is 13.0 Å². The predicted octanol–water partition coefficient (Wildman–Crippen LogP) is 3.00. The molecular weight excluding hydrogens is 194 g/mol. The SMILES string of the molecule is c1ccc2c(c1)CCNCc1ccccc1-2. The van der Waals surface area contributed by atoms with Crippen molar-refractivity contribution in [3.63, 3.8) is 0 Å². The molecule has 1 aliphatic heterocycles. The first-order valence-electron chi connectivity index (χ1n) is 5.82. The maximum absolute atomic E-state index is 3.48. The van der Waals surface area contributed by atoms with Gasteiger partial charge in [-0.05, 0) is 35.2 Å². The van der Waals surface area contributed by atoms with Crippen LogP contribution < -0.4 is 5.32 Å². The zero-order valence-electron chi connectivity index (χ0n) is 9.24. The smallest absolute Gasteiger partial charge is 0.0211 e. The Balaban J connectivity index is 2.22. The molecule has 0 aromatic heterocycles. The average Bonchev–Trinajstić information content (AvgIpc) is 2.33. The van der Waals surface area contributed by atoms with Gasteiger partial charge in [0.2, 0.25) is 0 Å². The van der Waals surface area contributed by atoms with E-state index in [1.165, 1.54) is 22.3 Å². The highest BCUT2D eigenvalue weighted by atomic mass is 14.8. The summed E-state index contributed by atoms with van der Waals surface area (Å²) in [7, 11) is 0. The van der Waals surface area contributed by atoms with E-state index in [0.717, 1.165) is 19.5 Å². The van der Waals surface area contributed by atoms with Gasteiger partial charge in [-0.3, -0.25) is 0 Å². The first-order valence-corrected chi connectivity index (χ1v) is 5.82. The zero-order valence-corrected chi connectivity index (χ0v) is 9.24. The second kappa shape index (κ2) is 4.11. The van der Waals surface area contributed by atoms with Crippen LogP contribution in [0.3, 0.4) is 0 Å². The van der Waals surface area contributed by atoms with Crippen LogP contribution in [0.2, 0.25) is 0 Å². The summed E-state index contributed by atoms with van der Waals surface area (Å²) in [4.78, 5) is 0. The van der Waals surface area contributed by atoms with Gasteiger partial charge in [0.1, 0.15) is 0 Å². The van der Waals surface area contributed by atoms with Gasteiger partial charge in [0.05, 0.1) is 0 Å². The van der Waals surface area contributed by atoms with Crippen molar-refractivity contribution in [3.8, 4) is 11.1 Å². The summed E-state index contributed by atoms with van der Waals surface area (Å²) < 4.78 is 0. The molecule has 0 saturated carbocycles. The predicted molar refractivity (Wildman–Crippen MR) is 67.3 cm³/mol. The molecule has 1 aliphatic rings. The van der Waals surface area contributed by atoms with Gasteiger partial charge < -0.3 is 5.32 Å². The second-order valence-corrected chi connectivity index (χ2v) is 4.24. The summed E-state index contributed by atoms with van der Waals surface area (Å²) in [5.74, 6) is 0. The van der Waals surface area contributed by atoms with Gasteiger partial charge in [0, 0.05) is 6.54 Å². The molecule has 0 saturated heterocycles. The molecule has 0 bridgehead atoms. The van der Waals surface area contributed by atoms with E-state index in [4.69, 9.17) is 0 Å². The zero-order chi connectivity index (χ0) is 10.8. The van der Waals surface area contributed by atoms with Crippen molar-refractivity contribution in [2.75, 3.05) is 6.54 Å². The van der Waals surface area contributed by atoms with Gasteiger partial charge in [-0.15, -0.1) is 0 Å². The van der Waals surface area contributed by atoms with Crippen LogP contribution in [0.15, 0.2) is 48.5 Å². The van der Waals surface area contributed by atoms with Gasteiger partial charge in [0.25, 0.3) is 0 Å². The molecule has 2 aromatic rings. The summed E-state index contributed by atoms with van der Waals surface area (Å²) in [6, 6.07) is 17.4. The standard InChI is InChI=1S/C15H15N/c1-3-7-14-12(5-1)9-10-16-11-13-6-2-4-8-15(13)14/h1-8,16H,9-11H2. The number of hydrogen-bond acceptors (Lipinski definition) is 1. The Morgan fingerprint density at radius 1 is 0.750 bits per heavy atom. The lowest BCUT2D eigenvalue weighted by Crippen LogP contribution is -2.19. The lowest BCUT2D eigenvalue weighted by molar-refractivity contribution is 0.683. The summed E-state index contributed by atoms with van der Waals surface area (Å²) in [5.41, 5.74) is 5.63. The van der Waals surface area contributed by atoms with Crippen LogP contribution in [0.1, 0.15) is 11.1 Å². The molecule has 0 unspecified atom stereocenters. The lowest BCUT2D eigenvalue weighted by Gasteiger charge is -2.18. The molecule has 3 rings (SSSR count). The van der Waals surface area contributed by atoms with Gasteiger partial charge in [-0.2, -0.15) is 0 Å². The third kappa shape index (κ3) is 1.63. The maximum atomic E-state index is 3.48. The second-order valence-electron chi connectivity index (χ2n) is 4.24. The fourth-order valence-corrected chi connectivity index (χ4v) is 2.38. The fourth-order valence-electron chi connectivity index (χ4n) is 2.38. The number of hydrogen-bond donors (Lipinski definition) is 1. The highest BCUT2D eigenvalue weighted by Gasteiger charge is 2.10. The van der Waals surface area contributed by atoms with Crippen LogP contribution >= 0.6 is 0 Å². The average molecular weight is 209 g/mol. The highest BCUT2D eigenvalue weighted by Crippen LogP contribution is 2.28. The van der Waals surface area contributed by atoms with E-state index >= 15 is 0 Å². The van der Waals surface area contributed by atoms with Crippen molar-refractivity contribution >= 4 is 0 Å². The summed E-state index contributed by atoms with van der Waals surface area (Å²) in [6.45, 7) is 2.04. The van der Waals surface area contributed by atoms with Crippen LogP contribution in [-0.4, -0.2) is 6.54 Å². The molecule has 1 N–H and O–H groups in total. The van der Waals surface area contributed by atoms with Crippen molar-refractivity contribution in [1.29, 1.82) is 0 Å². The Bertz CT molecular complexity index is 455. The third-order valence-corrected chi connectivity index (χ3v) is 3.21. The van der Waals surface area contributed by atoms with Crippen molar-refractivity contribution in [1.82, 2.24) is 5.32 Å². The minimum absolute atomic E-state index is 0.977. The monoisotopic (exact) mass is 209 g/mol. The van der Waals surface area contributed by atoms with Gasteiger partial charge in [0.15, 0.2) is 0 Å². The van der Waals surface area contributed by atoms with Crippen molar-refractivity contribution in [3.05, 3.63) is 59.7 Å². The molecule has 16 heavy (non-hydrogen) atoms. The van der Waals surface area contributed by atoms with Crippen LogP contribution in [0.4, 0.5) is 0 Å². The largest absolute Gasteiger partial charge is 0.312 e. The molecule has 0 amide bonds. The van der Waals surface area contributed by atoms with Gasteiger partial charge in [-0.25, -0.2) is 0 Å². The maximum Gasteiger partial charge on any atom is 0.0211 e. The summed E-state index contributed by atoms with van der Waals surface area (Å²) in [6.07, 6.45) is 1.12. The van der Waals surface area contributed by atoms with Crippen molar-refractivity contribution in [2.45, 2.75) is 13.0 Å². The quantitative estimate of drug-likeness (QED) is 0.703. The molecule has 0 radical (unpaired) electrons. The van der Waals surface area contributed by atoms with E-state index in [-0.39, 0.29) is 0 Å². The molecule has 0 atom stereocenters. The number of nitrogens with one attached hydrogen (secondary N) is 1. The normalized spacial score (nSPS) is 14.5. The van der Waals surface area contributed by atoms with Crippen molar-refractivity contribution in [2.24, 2.45) is 0 Å². The van der Waals surface area contributed by atoms with Crippen LogP contribution in [0.5, 0.6) is 0 Å². The van der Waals surface area contributed by atoms with Crippen molar-refractivity contribution < 1.29 is 0 Å². The van der Waals surface area contributed by atoms with Gasteiger partial charge >= 0.3 is 0 Å². The molecule has 1 nitrogen and oxygen atoms in total. The van der Waals surface area contributed by atoms with Crippen LogP contribution in [0, 0.1) is 0 Å². The molecule has 1 heterocycles. The third-order valence-electron chi connectivity index (χ3n) is 3.21. The molecule has 80 valence electrons. The van der Waals surface area contributed by atoms with E-state index in [1.807, 2.05) is 0 Å². The molecule has 2 aromatic carbocycles. The minimum Gasteiger partial charge on any atom is -0.312 e. The summed E-state index contributed by atoms with van der Waals surface area (Å²) >= 11 is 0. The Morgan fingerprint density at radius 3 is 2.19 bits per heavy atom. The number of fused-ring (bicyclic) bond motifs is 3. The Morgan fingerprint density at radius 2 is 1.38 bits per heavy atom. The van der Waals surface area contributed by atoms with E-state index in [0.29, 0.717) is 0 Å². The highest BCUT2D eigenvalue weighted by molar-refractivity contribution is 5.71. The fraction of sp³-hybridized carbons (Fsp3) is 0.200. The topological polar surface area (TPSA) is 12.0 Å². The molecular formula is C15H15N. The molecule has 0 aliphatic carbocycles. The van der Waals surface area contributed by atoms with E-state index in [9.17, 15) is 0 Å². The Labute approximate surface area is 96.1 Å².